The zero-order valence-electron chi connectivity index (χ0n) is 10.4. The third-order valence-electron chi connectivity index (χ3n) is 3.00. The van der Waals surface area contributed by atoms with Gasteiger partial charge >= 0.3 is 0 Å². The number of benzene rings is 1. The number of thioether (sulfide) groups is 1. The molecule has 0 unspecified atom stereocenters. The van der Waals surface area contributed by atoms with E-state index in [1.165, 1.54) is 17.8 Å². The van der Waals surface area contributed by atoms with Crippen LogP contribution >= 0.6 is 11.8 Å². The van der Waals surface area contributed by atoms with Gasteiger partial charge in [-0.25, -0.2) is 4.39 Å². The summed E-state index contributed by atoms with van der Waals surface area (Å²) in [7, 11) is 0. The topological polar surface area (TPSA) is 40.6 Å². The van der Waals surface area contributed by atoms with E-state index in [-0.39, 0.29) is 17.5 Å². The first-order chi connectivity index (χ1) is 9.20. The van der Waals surface area contributed by atoms with Gasteiger partial charge in [0.15, 0.2) is 0 Å². The number of hydrogen-bond acceptors (Lipinski definition) is 3. The number of piperazine rings is 1. The predicted octanol–water partition coefficient (Wildman–Crippen LogP) is 1.22. The maximum atomic E-state index is 13.4. The van der Waals surface area contributed by atoms with Gasteiger partial charge in [-0.15, -0.1) is 11.8 Å². The Morgan fingerprint density at radius 3 is 2.58 bits per heavy atom. The number of amides is 2. The van der Waals surface area contributed by atoms with E-state index in [4.69, 9.17) is 0 Å². The Morgan fingerprint density at radius 2 is 1.95 bits per heavy atom. The second-order valence-electron chi connectivity index (χ2n) is 4.24. The van der Waals surface area contributed by atoms with Crippen LogP contribution in [-0.2, 0) is 9.59 Å². The highest BCUT2D eigenvalue weighted by atomic mass is 32.2. The summed E-state index contributed by atoms with van der Waals surface area (Å²) >= 11 is 1.21. The Hall–Kier alpha value is -1.56. The fourth-order valence-corrected chi connectivity index (χ4v) is 2.71. The molecule has 0 N–H and O–H groups in total. The molecule has 1 aromatic carbocycles. The molecule has 1 saturated heterocycles. The fraction of sp³-hybridized carbons (Fsp3) is 0.385. The molecule has 0 aromatic heterocycles. The zero-order chi connectivity index (χ0) is 13.7. The maximum Gasteiger partial charge on any atom is 0.233 e. The van der Waals surface area contributed by atoms with Gasteiger partial charge < -0.3 is 9.80 Å². The van der Waals surface area contributed by atoms with Gasteiger partial charge in [-0.05, 0) is 12.1 Å². The Labute approximate surface area is 115 Å². The van der Waals surface area contributed by atoms with Crippen LogP contribution in [0.15, 0.2) is 29.2 Å². The number of carbonyl (C=O) groups excluding carboxylic acids is 2. The van der Waals surface area contributed by atoms with Crippen molar-refractivity contribution in [1.82, 2.24) is 9.80 Å². The second-order valence-corrected chi connectivity index (χ2v) is 5.26. The quantitative estimate of drug-likeness (QED) is 0.616. The Morgan fingerprint density at radius 1 is 1.26 bits per heavy atom. The lowest BCUT2D eigenvalue weighted by atomic mass is 10.3. The van der Waals surface area contributed by atoms with Crippen molar-refractivity contribution in [2.75, 3.05) is 31.9 Å². The molecule has 0 bridgehead atoms. The van der Waals surface area contributed by atoms with Crippen LogP contribution in [0.2, 0.25) is 0 Å². The highest BCUT2D eigenvalue weighted by molar-refractivity contribution is 8.00. The van der Waals surface area contributed by atoms with E-state index in [0.29, 0.717) is 31.1 Å². The van der Waals surface area contributed by atoms with Gasteiger partial charge in [0.25, 0.3) is 0 Å². The first-order valence-electron chi connectivity index (χ1n) is 6.05. The summed E-state index contributed by atoms with van der Waals surface area (Å²) < 4.78 is 13.4. The lowest BCUT2D eigenvalue weighted by molar-refractivity contribution is -0.132. The Kier molecular flexibility index (Phi) is 4.79. The van der Waals surface area contributed by atoms with Crippen LogP contribution < -0.4 is 0 Å². The van der Waals surface area contributed by atoms with Crippen LogP contribution in [0.1, 0.15) is 0 Å². The third-order valence-corrected chi connectivity index (χ3v) is 4.04. The zero-order valence-corrected chi connectivity index (χ0v) is 11.2. The smallest absolute Gasteiger partial charge is 0.233 e. The van der Waals surface area contributed by atoms with E-state index in [2.05, 4.69) is 0 Å². The van der Waals surface area contributed by atoms with Crippen LogP contribution in [0.4, 0.5) is 4.39 Å². The molecule has 0 saturated carbocycles. The van der Waals surface area contributed by atoms with Crippen molar-refractivity contribution in [2.24, 2.45) is 0 Å². The molecule has 1 aliphatic rings. The molecule has 1 aromatic rings. The molecule has 2 amide bonds. The highest BCUT2D eigenvalue weighted by Gasteiger charge is 2.20. The van der Waals surface area contributed by atoms with Crippen LogP contribution in [0.25, 0.3) is 0 Å². The molecule has 1 heterocycles. The van der Waals surface area contributed by atoms with Crippen LogP contribution in [0.5, 0.6) is 0 Å². The van der Waals surface area contributed by atoms with Crippen molar-refractivity contribution in [3.63, 3.8) is 0 Å². The first kappa shape index (κ1) is 13.9. The number of rotatable bonds is 4. The molecule has 1 aliphatic heterocycles. The lowest BCUT2D eigenvalue weighted by Gasteiger charge is -2.32. The molecule has 0 radical (unpaired) electrons. The molecule has 1 fully saturated rings. The maximum absolute atomic E-state index is 13.4. The Balaban J connectivity index is 1.82. The summed E-state index contributed by atoms with van der Waals surface area (Å²) in [5, 5.41) is 0. The third kappa shape index (κ3) is 3.70. The van der Waals surface area contributed by atoms with E-state index < -0.39 is 0 Å². The number of hydrogen-bond donors (Lipinski definition) is 0. The summed E-state index contributed by atoms with van der Waals surface area (Å²) in [6.07, 6.45) is 0.801. The number of nitrogens with zero attached hydrogens (tertiary/aromatic N) is 2. The van der Waals surface area contributed by atoms with E-state index in [9.17, 15) is 14.0 Å². The van der Waals surface area contributed by atoms with Gasteiger partial charge in [0, 0.05) is 31.1 Å². The number of carbonyl (C=O) groups is 2. The summed E-state index contributed by atoms with van der Waals surface area (Å²) in [5.41, 5.74) is 0. The van der Waals surface area contributed by atoms with Gasteiger partial charge in [-0.3, -0.25) is 9.59 Å². The molecule has 0 atom stereocenters. The van der Waals surface area contributed by atoms with Crippen molar-refractivity contribution in [3.8, 4) is 0 Å². The lowest BCUT2D eigenvalue weighted by Crippen LogP contribution is -2.48. The normalized spacial score (nSPS) is 15.4. The minimum absolute atomic E-state index is 0.0150. The molecule has 4 nitrogen and oxygen atoms in total. The molecular formula is C13H15FN2O2S. The van der Waals surface area contributed by atoms with E-state index in [1.54, 1.807) is 28.0 Å². The summed E-state index contributed by atoms with van der Waals surface area (Å²) in [5.74, 6) is -0.0907. The predicted molar refractivity (Wildman–Crippen MR) is 71.3 cm³/mol. The SMILES string of the molecule is O=CN1CCN(C(=O)CSc2ccccc2F)CC1. The van der Waals surface area contributed by atoms with Crippen LogP contribution in [0, 0.1) is 5.82 Å². The molecule has 102 valence electrons. The first-order valence-corrected chi connectivity index (χ1v) is 7.03. The van der Waals surface area contributed by atoms with Gasteiger partial charge in [-0.1, -0.05) is 12.1 Å². The average molecular weight is 282 g/mol. The van der Waals surface area contributed by atoms with Crippen molar-refractivity contribution in [3.05, 3.63) is 30.1 Å². The molecule has 19 heavy (non-hydrogen) atoms. The molecule has 0 spiro atoms. The largest absolute Gasteiger partial charge is 0.342 e. The monoisotopic (exact) mass is 282 g/mol. The van der Waals surface area contributed by atoms with Crippen molar-refractivity contribution < 1.29 is 14.0 Å². The fourth-order valence-electron chi connectivity index (χ4n) is 1.87. The van der Waals surface area contributed by atoms with Gasteiger partial charge in [0.1, 0.15) is 5.82 Å². The highest BCUT2D eigenvalue weighted by Crippen LogP contribution is 2.21. The standard InChI is InChI=1S/C13H15FN2O2S/c14-11-3-1-2-4-12(11)19-9-13(18)16-7-5-15(10-17)6-8-16/h1-4,10H,5-9H2. The summed E-state index contributed by atoms with van der Waals surface area (Å²) in [6.45, 7) is 2.24. The molecule has 0 aliphatic carbocycles. The minimum Gasteiger partial charge on any atom is -0.342 e. The van der Waals surface area contributed by atoms with E-state index >= 15 is 0 Å². The van der Waals surface area contributed by atoms with Crippen molar-refractivity contribution >= 4 is 24.1 Å². The van der Waals surface area contributed by atoms with E-state index in [1.807, 2.05) is 0 Å². The van der Waals surface area contributed by atoms with Gasteiger partial charge in [0.2, 0.25) is 12.3 Å². The van der Waals surface area contributed by atoms with E-state index in [0.717, 1.165) is 6.41 Å². The van der Waals surface area contributed by atoms with Crippen molar-refractivity contribution in [1.29, 1.82) is 0 Å². The summed E-state index contributed by atoms with van der Waals surface area (Å²) in [4.78, 5) is 26.4. The minimum atomic E-state index is -0.300. The summed E-state index contributed by atoms with van der Waals surface area (Å²) in [6, 6.07) is 6.42. The number of halogens is 1. The molecule has 6 heteroatoms. The Bertz CT molecular complexity index is 462. The molecule has 2 rings (SSSR count). The van der Waals surface area contributed by atoms with Crippen LogP contribution in [0.3, 0.4) is 0 Å². The average Bonchev–Trinajstić information content (AvgIpc) is 2.46. The molecular weight excluding hydrogens is 267 g/mol. The van der Waals surface area contributed by atoms with Gasteiger partial charge in [-0.2, -0.15) is 0 Å². The van der Waals surface area contributed by atoms with Crippen LogP contribution in [-0.4, -0.2) is 54.0 Å². The second kappa shape index (κ2) is 6.56. The van der Waals surface area contributed by atoms with Crippen molar-refractivity contribution in [2.45, 2.75) is 4.90 Å². The van der Waals surface area contributed by atoms with Gasteiger partial charge in [0.05, 0.1) is 5.75 Å².